The van der Waals surface area contributed by atoms with Crippen LogP contribution < -0.4 is 24.3 Å². The molecule has 0 spiro atoms. The molecule has 0 aliphatic heterocycles. The zero-order valence-electron chi connectivity index (χ0n) is 16.7. The van der Waals surface area contributed by atoms with Crippen LogP contribution in [0.2, 0.25) is 0 Å². The van der Waals surface area contributed by atoms with Gasteiger partial charge in [-0.15, -0.1) is 0 Å². The smallest absolute Gasteiger partial charge is 0.255 e. The largest absolute Gasteiger partial charge is 0.497 e. The summed E-state index contributed by atoms with van der Waals surface area (Å²) >= 11 is 0. The lowest BCUT2D eigenvalue weighted by Gasteiger charge is -2.24. The van der Waals surface area contributed by atoms with Crippen LogP contribution >= 0.6 is 0 Å². The summed E-state index contributed by atoms with van der Waals surface area (Å²) in [5, 5.41) is 3.09. The summed E-state index contributed by atoms with van der Waals surface area (Å²) in [6, 6.07) is 10.8. The van der Waals surface area contributed by atoms with Crippen LogP contribution in [-0.4, -0.2) is 34.3 Å². The molecule has 0 radical (unpaired) electrons. The minimum Gasteiger partial charge on any atom is -0.497 e. The fraction of sp³-hybridized carbons (Fsp3) is 0.381. The van der Waals surface area contributed by atoms with Gasteiger partial charge >= 0.3 is 0 Å². The second kappa shape index (κ2) is 9.16. The van der Waals surface area contributed by atoms with Crippen molar-refractivity contribution in [1.29, 1.82) is 0 Å². The number of rotatable bonds is 8. The van der Waals surface area contributed by atoms with E-state index in [9.17, 15) is 4.79 Å². The SMILES string of the molecule is COc1ccc(C(NC(=O)c2cc(OC)c(OC)cc2OC)C(C)C)cc1. The quantitative estimate of drug-likeness (QED) is 0.761. The topological polar surface area (TPSA) is 66.0 Å². The molecule has 0 saturated carbocycles. The monoisotopic (exact) mass is 373 g/mol. The van der Waals surface area contributed by atoms with Gasteiger partial charge in [-0.2, -0.15) is 0 Å². The van der Waals surface area contributed by atoms with Gasteiger partial charge in [-0.1, -0.05) is 26.0 Å². The van der Waals surface area contributed by atoms with Crippen LogP contribution in [0.3, 0.4) is 0 Å². The number of benzene rings is 2. The Labute approximate surface area is 160 Å². The van der Waals surface area contributed by atoms with Crippen LogP contribution in [-0.2, 0) is 0 Å². The highest BCUT2D eigenvalue weighted by molar-refractivity contribution is 5.98. The minimum absolute atomic E-state index is 0.166. The standard InChI is InChI=1S/C21H27NO5/c1-13(2)20(14-7-9-15(24-3)10-8-14)22-21(23)16-11-18(26-5)19(27-6)12-17(16)25-4/h7-13,20H,1-6H3,(H,22,23). The number of carbonyl (C=O) groups is 1. The number of ether oxygens (including phenoxy) is 4. The molecule has 0 heterocycles. The second-order valence-electron chi connectivity index (χ2n) is 6.38. The van der Waals surface area contributed by atoms with Gasteiger partial charge in [0.1, 0.15) is 11.5 Å². The fourth-order valence-electron chi connectivity index (χ4n) is 2.87. The maximum absolute atomic E-state index is 13.0. The first-order valence-corrected chi connectivity index (χ1v) is 8.70. The van der Waals surface area contributed by atoms with E-state index < -0.39 is 0 Å². The summed E-state index contributed by atoms with van der Waals surface area (Å²) in [6.07, 6.45) is 0. The van der Waals surface area contributed by atoms with Crippen molar-refractivity contribution in [3.63, 3.8) is 0 Å². The summed E-state index contributed by atoms with van der Waals surface area (Å²) in [7, 11) is 6.21. The Hall–Kier alpha value is -2.89. The Kier molecular flexibility index (Phi) is 6.93. The highest BCUT2D eigenvalue weighted by Gasteiger charge is 2.23. The number of hydrogen-bond donors (Lipinski definition) is 1. The molecule has 0 aromatic heterocycles. The van der Waals surface area contributed by atoms with Crippen molar-refractivity contribution in [3.05, 3.63) is 47.5 Å². The van der Waals surface area contributed by atoms with Crippen molar-refractivity contribution in [3.8, 4) is 23.0 Å². The zero-order chi connectivity index (χ0) is 20.0. The van der Waals surface area contributed by atoms with Gasteiger partial charge in [0.15, 0.2) is 11.5 Å². The van der Waals surface area contributed by atoms with Crippen LogP contribution in [0.1, 0.15) is 35.8 Å². The first-order valence-electron chi connectivity index (χ1n) is 8.70. The van der Waals surface area contributed by atoms with Crippen LogP contribution in [0.25, 0.3) is 0 Å². The average molecular weight is 373 g/mol. The lowest BCUT2D eigenvalue weighted by atomic mass is 9.95. The van der Waals surface area contributed by atoms with E-state index in [0.29, 0.717) is 22.8 Å². The summed E-state index contributed by atoms with van der Waals surface area (Å²) in [4.78, 5) is 13.0. The highest BCUT2D eigenvalue weighted by atomic mass is 16.5. The second-order valence-corrected chi connectivity index (χ2v) is 6.38. The first-order chi connectivity index (χ1) is 12.9. The van der Waals surface area contributed by atoms with E-state index in [1.165, 1.54) is 21.3 Å². The Balaban J connectivity index is 2.34. The van der Waals surface area contributed by atoms with Gasteiger partial charge in [-0.25, -0.2) is 0 Å². The van der Waals surface area contributed by atoms with Crippen molar-refractivity contribution in [2.75, 3.05) is 28.4 Å². The molecule has 0 aliphatic rings. The Morgan fingerprint density at radius 1 is 0.815 bits per heavy atom. The summed E-state index contributed by atoms with van der Waals surface area (Å²) in [5.41, 5.74) is 1.38. The van der Waals surface area contributed by atoms with Gasteiger partial charge < -0.3 is 24.3 Å². The van der Waals surface area contributed by atoms with Gasteiger partial charge in [0.05, 0.1) is 40.0 Å². The number of amides is 1. The molecule has 0 fully saturated rings. The summed E-state index contributed by atoms with van der Waals surface area (Å²) in [5.74, 6) is 2.10. The molecule has 146 valence electrons. The maximum atomic E-state index is 13.0. The van der Waals surface area contributed by atoms with Crippen LogP contribution in [0.15, 0.2) is 36.4 Å². The van der Waals surface area contributed by atoms with E-state index in [2.05, 4.69) is 19.2 Å². The van der Waals surface area contributed by atoms with Gasteiger partial charge in [-0.3, -0.25) is 4.79 Å². The van der Waals surface area contributed by atoms with E-state index in [-0.39, 0.29) is 17.9 Å². The predicted octanol–water partition coefficient (Wildman–Crippen LogP) is 3.85. The van der Waals surface area contributed by atoms with Crippen molar-refractivity contribution < 1.29 is 23.7 Å². The van der Waals surface area contributed by atoms with Gasteiger partial charge in [0, 0.05) is 12.1 Å². The van der Waals surface area contributed by atoms with E-state index >= 15 is 0 Å². The normalized spacial score (nSPS) is 11.7. The molecule has 6 nitrogen and oxygen atoms in total. The summed E-state index contributed by atoms with van der Waals surface area (Å²) in [6.45, 7) is 4.11. The maximum Gasteiger partial charge on any atom is 0.255 e. The van der Waals surface area contributed by atoms with E-state index in [1.807, 2.05) is 24.3 Å². The number of hydrogen-bond acceptors (Lipinski definition) is 5. The van der Waals surface area contributed by atoms with E-state index in [1.54, 1.807) is 19.2 Å². The molecule has 6 heteroatoms. The van der Waals surface area contributed by atoms with Crippen molar-refractivity contribution in [2.24, 2.45) is 5.92 Å². The zero-order valence-corrected chi connectivity index (χ0v) is 16.7. The fourth-order valence-corrected chi connectivity index (χ4v) is 2.87. The van der Waals surface area contributed by atoms with E-state index in [4.69, 9.17) is 18.9 Å². The molecule has 0 aliphatic carbocycles. The molecular formula is C21H27NO5. The molecular weight excluding hydrogens is 346 g/mol. The molecule has 2 rings (SSSR count). The molecule has 2 aromatic rings. The summed E-state index contributed by atoms with van der Waals surface area (Å²) < 4.78 is 21.2. The third-order valence-electron chi connectivity index (χ3n) is 4.38. The van der Waals surface area contributed by atoms with Crippen LogP contribution in [0.5, 0.6) is 23.0 Å². The Morgan fingerprint density at radius 3 is 1.85 bits per heavy atom. The third kappa shape index (κ3) is 4.64. The van der Waals surface area contributed by atoms with Gasteiger partial charge in [0.25, 0.3) is 5.91 Å². The molecule has 2 aromatic carbocycles. The molecule has 1 N–H and O–H groups in total. The first kappa shape index (κ1) is 20.4. The van der Waals surface area contributed by atoms with Crippen molar-refractivity contribution in [2.45, 2.75) is 19.9 Å². The molecule has 1 unspecified atom stereocenters. The molecule has 1 amide bonds. The number of methoxy groups -OCH3 is 4. The average Bonchev–Trinajstić information content (AvgIpc) is 2.70. The number of nitrogens with one attached hydrogen (secondary N) is 1. The lowest BCUT2D eigenvalue weighted by Crippen LogP contribution is -2.32. The van der Waals surface area contributed by atoms with Crippen LogP contribution in [0.4, 0.5) is 0 Å². The Morgan fingerprint density at radius 2 is 1.37 bits per heavy atom. The molecule has 1 atom stereocenters. The minimum atomic E-state index is -0.248. The molecule has 27 heavy (non-hydrogen) atoms. The van der Waals surface area contributed by atoms with Gasteiger partial charge in [0.2, 0.25) is 0 Å². The number of carbonyl (C=O) groups excluding carboxylic acids is 1. The van der Waals surface area contributed by atoms with Crippen molar-refractivity contribution >= 4 is 5.91 Å². The Bertz CT molecular complexity index is 771. The molecule has 0 bridgehead atoms. The predicted molar refractivity (Wildman–Crippen MR) is 104 cm³/mol. The van der Waals surface area contributed by atoms with Gasteiger partial charge in [-0.05, 0) is 23.6 Å². The molecule has 0 saturated heterocycles. The lowest BCUT2D eigenvalue weighted by molar-refractivity contribution is 0.0922. The van der Waals surface area contributed by atoms with Crippen molar-refractivity contribution in [1.82, 2.24) is 5.32 Å². The highest BCUT2D eigenvalue weighted by Crippen LogP contribution is 2.35. The van der Waals surface area contributed by atoms with E-state index in [0.717, 1.165) is 11.3 Å². The van der Waals surface area contributed by atoms with Crippen LogP contribution in [0, 0.1) is 5.92 Å². The third-order valence-corrected chi connectivity index (χ3v) is 4.38.